The van der Waals surface area contributed by atoms with Crippen LogP contribution in [-0.4, -0.2) is 19.4 Å². The summed E-state index contributed by atoms with van der Waals surface area (Å²) in [5.41, 5.74) is 0. The van der Waals surface area contributed by atoms with Gasteiger partial charge in [-0.05, 0) is 25.7 Å². The molecule has 0 aliphatic heterocycles. The van der Waals surface area contributed by atoms with E-state index in [0.717, 1.165) is 6.16 Å². The molecule has 0 radical (unpaired) electrons. The van der Waals surface area contributed by atoms with Crippen molar-refractivity contribution in [1.82, 2.24) is 0 Å². The Labute approximate surface area is 68.1 Å². The molecule has 0 fully saturated rings. The number of hydrogen-bond donors (Lipinski definition) is 0. The van der Waals surface area contributed by atoms with Gasteiger partial charge in [0.2, 0.25) is 0 Å². The van der Waals surface area contributed by atoms with E-state index in [1.54, 1.807) is 0 Å². The summed E-state index contributed by atoms with van der Waals surface area (Å²) in [4.78, 5) is 0. The minimum Gasteiger partial charge on any atom is -0.330 e. The zero-order valence-corrected chi connectivity index (χ0v) is 8.50. The summed E-state index contributed by atoms with van der Waals surface area (Å²) in [6.45, 7) is 5.34. The van der Waals surface area contributed by atoms with Gasteiger partial charge >= 0.3 is 0 Å². The van der Waals surface area contributed by atoms with Crippen molar-refractivity contribution in [2.75, 3.05) is 19.4 Å². The van der Waals surface area contributed by atoms with Crippen LogP contribution in [0.4, 0.5) is 0 Å². The van der Waals surface area contributed by atoms with E-state index in [-0.39, 0.29) is 0 Å². The van der Waals surface area contributed by atoms with E-state index in [4.69, 9.17) is 20.9 Å². The number of hydrogen-bond acceptors (Lipinski definition) is 3. The summed E-state index contributed by atoms with van der Waals surface area (Å²) < 4.78 is 10.6. The van der Waals surface area contributed by atoms with Crippen LogP contribution in [-0.2, 0) is 20.9 Å². The highest BCUT2D eigenvalue weighted by atomic mass is 32.5. The first-order valence-electron chi connectivity index (χ1n) is 3.56. The van der Waals surface area contributed by atoms with Gasteiger partial charge in [-0.1, -0.05) is 6.92 Å². The molecular weight excluding hydrogens is 167 g/mol. The van der Waals surface area contributed by atoms with Crippen LogP contribution >= 0.6 is 6.49 Å². The third-order valence-corrected chi connectivity index (χ3v) is 4.52. The lowest BCUT2D eigenvalue weighted by Crippen LogP contribution is -1.96. The summed E-state index contributed by atoms with van der Waals surface area (Å²) in [7, 11) is 0. The first-order chi connectivity index (χ1) is 4.68. The van der Waals surface area contributed by atoms with Crippen molar-refractivity contribution in [3.63, 3.8) is 0 Å². The first kappa shape index (κ1) is 10.6. The summed E-state index contributed by atoms with van der Waals surface area (Å²) in [6, 6.07) is 0. The van der Waals surface area contributed by atoms with Gasteiger partial charge in [0.15, 0.2) is 6.49 Å². The van der Waals surface area contributed by atoms with Crippen LogP contribution in [0.1, 0.15) is 20.8 Å². The molecule has 2 nitrogen and oxygen atoms in total. The smallest absolute Gasteiger partial charge is 0.188 e. The lowest BCUT2D eigenvalue weighted by atomic mass is 10.9. The van der Waals surface area contributed by atoms with Gasteiger partial charge in [0, 0.05) is 6.16 Å². The van der Waals surface area contributed by atoms with Crippen LogP contribution < -0.4 is 0 Å². The SMILES string of the molecule is CCOP(=S)(CC)OCC. The van der Waals surface area contributed by atoms with Crippen LogP contribution in [0.3, 0.4) is 0 Å². The van der Waals surface area contributed by atoms with E-state index in [1.807, 2.05) is 20.8 Å². The lowest BCUT2D eigenvalue weighted by molar-refractivity contribution is 0.267. The fourth-order valence-electron chi connectivity index (χ4n) is 0.613. The summed E-state index contributed by atoms with van der Waals surface area (Å²) in [5, 5.41) is 0. The maximum absolute atomic E-state index is 5.32. The molecule has 0 bridgehead atoms. The van der Waals surface area contributed by atoms with Crippen LogP contribution in [0.15, 0.2) is 0 Å². The molecule has 0 spiro atoms. The molecule has 0 aromatic heterocycles. The summed E-state index contributed by atoms with van der Waals surface area (Å²) >= 11 is 5.17. The Balaban J connectivity index is 3.83. The zero-order chi connectivity index (χ0) is 8.04. The Bertz CT molecular complexity index is 117. The van der Waals surface area contributed by atoms with Crippen molar-refractivity contribution >= 4 is 18.3 Å². The Morgan fingerprint density at radius 1 is 1.10 bits per heavy atom. The highest BCUT2D eigenvalue weighted by Gasteiger charge is 2.13. The second-order valence-electron chi connectivity index (χ2n) is 1.76. The lowest BCUT2D eigenvalue weighted by Gasteiger charge is -2.18. The van der Waals surface area contributed by atoms with Gasteiger partial charge in [-0.25, -0.2) is 0 Å². The van der Waals surface area contributed by atoms with Gasteiger partial charge in [0.1, 0.15) is 0 Å². The molecule has 4 heteroatoms. The van der Waals surface area contributed by atoms with Gasteiger partial charge in [0.25, 0.3) is 0 Å². The van der Waals surface area contributed by atoms with E-state index >= 15 is 0 Å². The third kappa shape index (κ3) is 3.67. The average molecular weight is 182 g/mol. The molecule has 10 heavy (non-hydrogen) atoms. The van der Waals surface area contributed by atoms with Crippen molar-refractivity contribution in [2.24, 2.45) is 0 Å². The Morgan fingerprint density at radius 2 is 1.50 bits per heavy atom. The van der Waals surface area contributed by atoms with Crippen molar-refractivity contribution in [3.05, 3.63) is 0 Å². The Hall–Kier alpha value is 0.570. The van der Waals surface area contributed by atoms with Crippen LogP contribution in [0.25, 0.3) is 0 Å². The predicted molar refractivity (Wildman–Crippen MR) is 48.1 cm³/mol. The molecule has 0 N–H and O–H groups in total. The normalized spacial score (nSPS) is 11.9. The van der Waals surface area contributed by atoms with Crippen LogP contribution in [0.5, 0.6) is 0 Å². The second-order valence-corrected chi connectivity index (χ2v) is 5.80. The minimum atomic E-state index is -1.87. The molecule has 0 unspecified atom stereocenters. The molecule has 0 saturated carbocycles. The van der Waals surface area contributed by atoms with Gasteiger partial charge in [0.05, 0.1) is 13.2 Å². The Kier molecular flexibility index (Phi) is 5.55. The summed E-state index contributed by atoms with van der Waals surface area (Å²) in [5.74, 6) is 0. The fraction of sp³-hybridized carbons (Fsp3) is 1.00. The van der Waals surface area contributed by atoms with Gasteiger partial charge in [-0.3, -0.25) is 0 Å². The summed E-state index contributed by atoms with van der Waals surface area (Å²) in [6.07, 6.45) is 0.823. The van der Waals surface area contributed by atoms with E-state index in [0.29, 0.717) is 13.2 Å². The van der Waals surface area contributed by atoms with Crippen LogP contribution in [0, 0.1) is 0 Å². The molecule has 62 valence electrons. The molecule has 0 heterocycles. The van der Waals surface area contributed by atoms with Gasteiger partial charge < -0.3 is 9.05 Å². The maximum atomic E-state index is 5.32. The molecule has 0 rings (SSSR count). The quantitative estimate of drug-likeness (QED) is 0.608. The monoisotopic (exact) mass is 182 g/mol. The highest BCUT2D eigenvalue weighted by Crippen LogP contribution is 2.47. The standard InChI is InChI=1S/C6H15O2PS/c1-4-7-9(10,6-3)8-5-2/h4-6H2,1-3H3. The van der Waals surface area contributed by atoms with E-state index in [2.05, 4.69) is 0 Å². The zero-order valence-electron chi connectivity index (χ0n) is 6.79. The second kappa shape index (κ2) is 5.25. The van der Waals surface area contributed by atoms with Gasteiger partial charge in [-0.15, -0.1) is 0 Å². The molecule has 0 atom stereocenters. The molecule has 0 aliphatic carbocycles. The largest absolute Gasteiger partial charge is 0.330 e. The van der Waals surface area contributed by atoms with Gasteiger partial charge in [-0.2, -0.15) is 0 Å². The average Bonchev–Trinajstić information content (AvgIpc) is 1.89. The van der Waals surface area contributed by atoms with Crippen molar-refractivity contribution in [2.45, 2.75) is 20.8 Å². The third-order valence-electron chi connectivity index (χ3n) is 1.04. The topological polar surface area (TPSA) is 18.5 Å². The van der Waals surface area contributed by atoms with E-state index in [1.165, 1.54) is 0 Å². The molecule has 0 saturated heterocycles. The molecule has 0 aromatic rings. The van der Waals surface area contributed by atoms with Crippen molar-refractivity contribution in [1.29, 1.82) is 0 Å². The maximum Gasteiger partial charge on any atom is 0.188 e. The van der Waals surface area contributed by atoms with E-state index in [9.17, 15) is 0 Å². The van der Waals surface area contributed by atoms with Crippen molar-refractivity contribution < 1.29 is 9.05 Å². The molecular formula is C6H15O2PS. The van der Waals surface area contributed by atoms with Crippen molar-refractivity contribution in [3.8, 4) is 0 Å². The predicted octanol–water partition coefficient (Wildman–Crippen LogP) is 2.39. The van der Waals surface area contributed by atoms with Crippen LogP contribution in [0.2, 0.25) is 0 Å². The minimum absolute atomic E-state index is 0.658. The highest BCUT2D eigenvalue weighted by molar-refractivity contribution is 8.09. The van der Waals surface area contributed by atoms with E-state index < -0.39 is 6.49 Å². The molecule has 0 aromatic carbocycles. The first-order valence-corrected chi connectivity index (χ1v) is 6.39. The molecule has 0 amide bonds. The molecule has 0 aliphatic rings. The fourth-order valence-corrected chi connectivity index (χ4v) is 2.47. The Morgan fingerprint density at radius 3 is 1.70 bits per heavy atom. The number of rotatable bonds is 5.